The Hall–Kier alpha value is -2.80. The van der Waals surface area contributed by atoms with E-state index in [1.165, 1.54) is 11.1 Å². The van der Waals surface area contributed by atoms with Gasteiger partial charge in [0.1, 0.15) is 17.7 Å². The number of fused-ring (bicyclic) bond motifs is 1. The van der Waals surface area contributed by atoms with Crippen molar-refractivity contribution in [1.82, 2.24) is 20.5 Å². The molecule has 154 valence electrons. The topological polar surface area (TPSA) is 65.0 Å². The van der Waals surface area contributed by atoms with Crippen LogP contribution in [0.2, 0.25) is 0 Å². The molecule has 1 atom stereocenters. The fourth-order valence-electron chi connectivity index (χ4n) is 3.85. The van der Waals surface area contributed by atoms with Crippen molar-refractivity contribution in [1.29, 1.82) is 0 Å². The quantitative estimate of drug-likeness (QED) is 0.592. The van der Waals surface area contributed by atoms with Crippen LogP contribution >= 0.6 is 0 Å². The summed E-state index contributed by atoms with van der Waals surface area (Å²) < 4.78 is 6.01. The van der Waals surface area contributed by atoms with Crippen molar-refractivity contribution >= 4 is 11.8 Å². The first kappa shape index (κ1) is 19.5. The van der Waals surface area contributed by atoms with Crippen LogP contribution in [0.25, 0.3) is 0 Å². The molecule has 1 unspecified atom stereocenters. The lowest BCUT2D eigenvalue weighted by Gasteiger charge is -2.34. The van der Waals surface area contributed by atoms with Crippen LogP contribution < -0.4 is 20.3 Å². The van der Waals surface area contributed by atoms with Crippen molar-refractivity contribution in [2.45, 2.75) is 19.1 Å². The Morgan fingerprint density at radius 3 is 2.76 bits per heavy atom. The van der Waals surface area contributed by atoms with Crippen LogP contribution in [-0.4, -0.2) is 68.8 Å². The lowest BCUT2D eigenvalue weighted by molar-refractivity contribution is 0.235. The number of aliphatic imine (C=N–C) groups is 1. The van der Waals surface area contributed by atoms with Gasteiger partial charge in [-0.25, -0.2) is 4.98 Å². The molecule has 0 amide bonds. The van der Waals surface area contributed by atoms with Gasteiger partial charge in [-0.1, -0.05) is 24.3 Å². The molecule has 0 bridgehead atoms. The molecule has 3 heterocycles. The molecule has 1 aromatic carbocycles. The van der Waals surface area contributed by atoms with Crippen LogP contribution in [0.15, 0.2) is 47.6 Å². The molecule has 1 fully saturated rings. The summed E-state index contributed by atoms with van der Waals surface area (Å²) in [5.74, 6) is 2.84. The first-order valence-corrected chi connectivity index (χ1v) is 10.3. The van der Waals surface area contributed by atoms with Gasteiger partial charge in [0.05, 0.1) is 6.54 Å². The van der Waals surface area contributed by atoms with Crippen LogP contribution in [0, 0.1) is 0 Å². The van der Waals surface area contributed by atoms with E-state index in [1.54, 1.807) is 7.05 Å². The highest BCUT2D eigenvalue weighted by atomic mass is 16.5. The summed E-state index contributed by atoms with van der Waals surface area (Å²) in [7, 11) is 3.96. The lowest BCUT2D eigenvalue weighted by Crippen LogP contribution is -2.45. The summed E-state index contributed by atoms with van der Waals surface area (Å²) in [5.41, 5.74) is 2.46. The number of benzene rings is 1. The summed E-state index contributed by atoms with van der Waals surface area (Å²) in [6.45, 7) is 5.54. The number of hydrogen-bond acceptors (Lipinski definition) is 5. The average Bonchev–Trinajstić information content (AvgIpc) is 3.18. The minimum absolute atomic E-state index is 0.130. The third-order valence-electron chi connectivity index (χ3n) is 5.55. The third-order valence-corrected chi connectivity index (χ3v) is 5.55. The Bertz CT molecular complexity index is 822. The van der Waals surface area contributed by atoms with E-state index in [2.05, 4.69) is 55.7 Å². The van der Waals surface area contributed by atoms with Gasteiger partial charge in [-0.15, -0.1) is 0 Å². The number of nitrogens with zero attached hydrogens (tertiary/aromatic N) is 4. The molecule has 0 radical (unpaired) electrons. The molecule has 0 saturated carbocycles. The molecular weight excluding hydrogens is 364 g/mol. The number of pyridine rings is 1. The molecule has 2 N–H and O–H groups in total. The monoisotopic (exact) mass is 394 g/mol. The first-order chi connectivity index (χ1) is 14.2. The minimum Gasteiger partial charge on any atom is -0.488 e. The van der Waals surface area contributed by atoms with E-state index in [0.29, 0.717) is 13.1 Å². The maximum absolute atomic E-state index is 6.01. The van der Waals surface area contributed by atoms with Gasteiger partial charge in [0.15, 0.2) is 5.96 Å². The van der Waals surface area contributed by atoms with Gasteiger partial charge >= 0.3 is 0 Å². The zero-order chi connectivity index (χ0) is 20.1. The number of ether oxygens (including phenoxy) is 1. The van der Waals surface area contributed by atoms with Gasteiger partial charge in [0, 0.05) is 58.0 Å². The number of aromatic nitrogens is 1. The summed E-state index contributed by atoms with van der Waals surface area (Å²) in [6, 6.07) is 12.4. The second kappa shape index (κ2) is 9.13. The van der Waals surface area contributed by atoms with Crippen LogP contribution in [0.3, 0.4) is 0 Å². The third kappa shape index (κ3) is 4.79. The zero-order valence-corrected chi connectivity index (χ0v) is 17.3. The normalized spacial score (nSPS) is 19.6. The summed E-state index contributed by atoms with van der Waals surface area (Å²) in [5, 5.41) is 6.82. The number of likely N-dealkylation sites (N-methyl/N-ethyl adjacent to an activating group) is 1. The Morgan fingerprint density at radius 2 is 1.97 bits per heavy atom. The molecule has 0 aliphatic carbocycles. The Balaban J connectivity index is 1.30. The van der Waals surface area contributed by atoms with E-state index in [9.17, 15) is 0 Å². The van der Waals surface area contributed by atoms with Gasteiger partial charge in [-0.05, 0) is 24.7 Å². The molecule has 29 heavy (non-hydrogen) atoms. The second-order valence-electron chi connectivity index (χ2n) is 7.63. The van der Waals surface area contributed by atoms with E-state index < -0.39 is 0 Å². The molecule has 7 nitrogen and oxygen atoms in total. The van der Waals surface area contributed by atoms with E-state index in [-0.39, 0.29) is 6.10 Å². The van der Waals surface area contributed by atoms with Crippen molar-refractivity contribution in [2.24, 2.45) is 4.99 Å². The minimum atomic E-state index is 0.130. The number of anilines is 1. The Kier molecular flexibility index (Phi) is 6.14. The van der Waals surface area contributed by atoms with Crippen LogP contribution in [-0.2, 0) is 13.0 Å². The summed E-state index contributed by atoms with van der Waals surface area (Å²) in [6.07, 6.45) is 2.93. The van der Waals surface area contributed by atoms with E-state index >= 15 is 0 Å². The molecule has 7 heteroatoms. The van der Waals surface area contributed by atoms with Crippen molar-refractivity contribution in [2.75, 3.05) is 51.7 Å². The standard InChI is InChI=1S/C22H30N6O/c1-23-22(26-16-19-14-17-6-3-4-8-20(17)29-19)25-15-18-7-5-9-24-21(18)28-12-10-27(2)11-13-28/h3-9,19H,10-16H2,1-2H3,(H2,23,25,26). The van der Waals surface area contributed by atoms with E-state index in [1.807, 2.05) is 24.4 Å². The van der Waals surface area contributed by atoms with Crippen LogP contribution in [0.5, 0.6) is 5.75 Å². The van der Waals surface area contributed by atoms with Gasteiger partial charge in [0.25, 0.3) is 0 Å². The maximum atomic E-state index is 6.01. The second-order valence-corrected chi connectivity index (χ2v) is 7.63. The molecule has 0 spiro atoms. The SMILES string of the molecule is CN=C(NCc1cccnc1N1CCN(C)CC1)NCC1Cc2ccccc2O1. The van der Waals surface area contributed by atoms with E-state index in [4.69, 9.17) is 4.74 Å². The van der Waals surface area contributed by atoms with E-state index in [0.717, 1.165) is 50.1 Å². The molecule has 1 aromatic heterocycles. The van der Waals surface area contributed by atoms with Crippen molar-refractivity contribution in [3.63, 3.8) is 0 Å². The zero-order valence-electron chi connectivity index (χ0n) is 17.3. The van der Waals surface area contributed by atoms with Crippen molar-refractivity contribution < 1.29 is 4.74 Å². The maximum Gasteiger partial charge on any atom is 0.191 e. The van der Waals surface area contributed by atoms with Crippen LogP contribution in [0.4, 0.5) is 5.82 Å². The smallest absolute Gasteiger partial charge is 0.191 e. The molecule has 2 aliphatic heterocycles. The highest BCUT2D eigenvalue weighted by Gasteiger charge is 2.22. The number of para-hydroxylation sites is 1. The number of guanidine groups is 1. The van der Waals surface area contributed by atoms with Crippen molar-refractivity contribution in [3.05, 3.63) is 53.7 Å². The molecule has 2 aromatic rings. The van der Waals surface area contributed by atoms with Gasteiger partial charge in [-0.3, -0.25) is 4.99 Å². The first-order valence-electron chi connectivity index (χ1n) is 10.3. The van der Waals surface area contributed by atoms with Crippen molar-refractivity contribution in [3.8, 4) is 5.75 Å². The number of piperazine rings is 1. The average molecular weight is 395 g/mol. The fraction of sp³-hybridized carbons (Fsp3) is 0.455. The molecule has 2 aliphatic rings. The predicted octanol–water partition coefficient (Wildman–Crippen LogP) is 1.50. The Morgan fingerprint density at radius 1 is 1.14 bits per heavy atom. The lowest BCUT2D eigenvalue weighted by atomic mass is 10.1. The van der Waals surface area contributed by atoms with Crippen LogP contribution in [0.1, 0.15) is 11.1 Å². The highest BCUT2D eigenvalue weighted by molar-refractivity contribution is 5.79. The fourth-order valence-corrected chi connectivity index (χ4v) is 3.85. The predicted molar refractivity (Wildman–Crippen MR) is 117 cm³/mol. The highest BCUT2D eigenvalue weighted by Crippen LogP contribution is 2.27. The molecular formula is C22H30N6O. The van der Waals surface area contributed by atoms with Gasteiger partial charge < -0.3 is 25.2 Å². The van der Waals surface area contributed by atoms with Gasteiger partial charge in [-0.2, -0.15) is 0 Å². The number of rotatable bonds is 5. The van der Waals surface area contributed by atoms with Gasteiger partial charge in [0.2, 0.25) is 0 Å². The Labute approximate surface area is 172 Å². The number of hydrogen-bond donors (Lipinski definition) is 2. The number of nitrogens with one attached hydrogen (secondary N) is 2. The molecule has 4 rings (SSSR count). The summed E-state index contributed by atoms with van der Waals surface area (Å²) in [4.78, 5) is 13.7. The largest absolute Gasteiger partial charge is 0.488 e. The molecule has 1 saturated heterocycles. The summed E-state index contributed by atoms with van der Waals surface area (Å²) >= 11 is 0.